The highest BCUT2D eigenvalue weighted by molar-refractivity contribution is 5.75. The van der Waals surface area contributed by atoms with Crippen molar-refractivity contribution in [3.63, 3.8) is 0 Å². The first-order valence-corrected chi connectivity index (χ1v) is 5.39. The van der Waals surface area contributed by atoms with Crippen LogP contribution in [0.5, 0.6) is 0 Å². The monoisotopic (exact) mass is 225 g/mol. The highest BCUT2D eigenvalue weighted by Crippen LogP contribution is 2.12. The molecule has 1 aromatic rings. The van der Waals surface area contributed by atoms with E-state index in [0.29, 0.717) is 12.2 Å². The first-order chi connectivity index (χ1) is 7.43. The van der Waals surface area contributed by atoms with Crippen LogP contribution >= 0.6 is 0 Å². The lowest BCUT2D eigenvalue weighted by atomic mass is 10.0. The molecule has 0 bridgehead atoms. The van der Waals surface area contributed by atoms with E-state index in [-0.39, 0.29) is 12.5 Å². The average molecular weight is 225 g/mol. The highest BCUT2D eigenvalue weighted by Gasteiger charge is 2.18. The van der Waals surface area contributed by atoms with Gasteiger partial charge in [-0.1, -0.05) is 12.1 Å². The van der Waals surface area contributed by atoms with Crippen molar-refractivity contribution in [2.45, 2.75) is 39.3 Å². The number of aromatic nitrogens is 3. The summed E-state index contributed by atoms with van der Waals surface area (Å²) in [6.45, 7) is 6.56. The Balaban J connectivity index is 2.56. The summed E-state index contributed by atoms with van der Waals surface area (Å²) in [5, 5.41) is 10.6. The first-order valence-electron chi connectivity index (χ1n) is 5.39. The van der Waals surface area contributed by atoms with E-state index < -0.39 is 5.54 Å². The standard InChI is InChI=1S/C10H19N5O/c1-4-5-12-9(16)7-15-6-8(13-14-15)10(2,3)11/h6H,4-5,7,11H2,1-3H3,(H,12,16). The fourth-order valence-corrected chi connectivity index (χ4v) is 1.14. The Morgan fingerprint density at radius 3 is 2.81 bits per heavy atom. The van der Waals surface area contributed by atoms with Crippen LogP contribution in [-0.4, -0.2) is 27.4 Å². The molecule has 90 valence electrons. The average Bonchev–Trinajstić information content (AvgIpc) is 2.62. The molecule has 6 nitrogen and oxygen atoms in total. The lowest BCUT2D eigenvalue weighted by Crippen LogP contribution is -2.29. The van der Waals surface area contributed by atoms with Crippen molar-refractivity contribution in [1.82, 2.24) is 20.3 Å². The van der Waals surface area contributed by atoms with Crippen LogP contribution in [0.2, 0.25) is 0 Å². The Bertz CT molecular complexity index is 352. The number of rotatable bonds is 5. The quantitative estimate of drug-likeness (QED) is 0.738. The largest absolute Gasteiger partial charge is 0.355 e. The molecular formula is C10H19N5O. The molecule has 0 aliphatic heterocycles. The van der Waals surface area contributed by atoms with Crippen molar-refractivity contribution in [2.75, 3.05) is 6.54 Å². The van der Waals surface area contributed by atoms with Gasteiger partial charge in [0.25, 0.3) is 0 Å². The molecule has 0 aliphatic carbocycles. The second kappa shape index (κ2) is 5.07. The SMILES string of the molecule is CCCNC(=O)Cn1cc(C(C)(C)N)nn1. The third-order valence-electron chi connectivity index (χ3n) is 2.08. The lowest BCUT2D eigenvalue weighted by Gasteiger charge is -2.13. The molecule has 0 fully saturated rings. The van der Waals surface area contributed by atoms with Gasteiger partial charge in [-0.05, 0) is 20.3 Å². The van der Waals surface area contributed by atoms with Gasteiger partial charge < -0.3 is 11.1 Å². The molecule has 0 unspecified atom stereocenters. The van der Waals surface area contributed by atoms with Crippen molar-refractivity contribution in [3.05, 3.63) is 11.9 Å². The van der Waals surface area contributed by atoms with E-state index >= 15 is 0 Å². The normalized spacial score (nSPS) is 11.5. The van der Waals surface area contributed by atoms with Gasteiger partial charge in [-0.3, -0.25) is 4.79 Å². The molecule has 1 aromatic heterocycles. The van der Waals surface area contributed by atoms with E-state index in [0.717, 1.165) is 6.42 Å². The van der Waals surface area contributed by atoms with Crippen LogP contribution in [0.25, 0.3) is 0 Å². The number of nitrogens with two attached hydrogens (primary N) is 1. The fraction of sp³-hybridized carbons (Fsp3) is 0.700. The highest BCUT2D eigenvalue weighted by atomic mass is 16.2. The van der Waals surface area contributed by atoms with Crippen LogP contribution in [0.3, 0.4) is 0 Å². The van der Waals surface area contributed by atoms with Gasteiger partial charge in [0.2, 0.25) is 5.91 Å². The summed E-state index contributed by atoms with van der Waals surface area (Å²) in [6, 6.07) is 0. The maximum Gasteiger partial charge on any atom is 0.241 e. The van der Waals surface area contributed by atoms with Crippen LogP contribution in [0.4, 0.5) is 0 Å². The van der Waals surface area contributed by atoms with E-state index in [2.05, 4.69) is 15.6 Å². The third kappa shape index (κ3) is 3.62. The lowest BCUT2D eigenvalue weighted by molar-refractivity contribution is -0.121. The molecular weight excluding hydrogens is 206 g/mol. The van der Waals surface area contributed by atoms with Crippen LogP contribution in [-0.2, 0) is 16.9 Å². The van der Waals surface area contributed by atoms with Gasteiger partial charge in [0.15, 0.2) is 0 Å². The predicted octanol–water partition coefficient (Wildman–Crippen LogP) is -0.00190. The second-order valence-corrected chi connectivity index (χ2v) is 4.37. The zero-order chi connectivity index (χ0) is 12.2. The third-order valence-corrected chi connectivity index (χ3v) is 2.08. The topological polar surface area (TPSA) is 85.8 Å². The van der Waals surface area contributed by atoms with E-state index in [4.69, 9.17) is 5.73 Å². The molecule has 0 aromatic carbocycles. The Labute approximate surface area is 95.2 Å². The van der Waals surface area contributed by atoms with E-state index in [1.165, 1.54) is 4.68 Å². The van der Waals surface area contributed by atoms with Gasteiger partial charge in [-0.25, -0.2) is 4.68 Å². The molecule has 0 spiro atoms. The van der Waals surface area contributed by atoms with Crippen molar-refractivity contribution < 1.29 is 4.79 Å². The molecule has 16 heavy (non-hydrogen) atoms. The Morgan fingerprint density at radius 1 is 1.62 bits per heavy atom. The minimum Gasteiger partial charge on any atom is -0.355 e. The first kappa shape index (κ1) is 12.6. The van der Waals surface area contributed by atoms with E-state index in [1.54, 1.807) is 6.20 Å². The molecule has 1 rings (SSSR count). The van der Waals surface area contributed by atoms with Crippen LogP contribution in [0.15, 0.2) is 6.20 Å². The van der Waals surface area contributed by atoms with Crippen molar-refractivity contribution in [3.8, 4) is 0 Å². The van der Waals surface area contributed by atoms with Gasteiger partial charge in [-0.15, -0.1) is 5.10 Å². The summed E-state index contributed by atoms with van der Waals surface area (Å²) >= 11 is 0. The number of carbonyl (C=O) groups excluding carboxylic acids is 1. The Kier molecular flexibility index (Phi) is 4.00. The van der Waals surface area contributed by atoms with Gasteiger partial charge >= 0.3 is 0 Å². The summed E-state index contributed by atoms with van der Waals surface area (Å²) in [5.41, 5.74) is 6.01. The number of amides is 1. The van der Waals surface area contributed by atoms with Crippen LogP contribution in [0.1, 0.15) is 32.9 Å². The molecule has 1 heterocycles. The predicted molar refractivity (Wildman–Crippen MR) is 60.5 cm³/mol. The summed E-state index contributed by atoms with van der Waals surface area (Å²) in [7, 11) is 0. The van der Waals surface area contributed by atoms with E-state index in [1.807, 2.05) is 20.8 Å². The molecule has 1 amide bonds. The van der Waals surface area contributed by atoms with Crippen molar-refractivity contribution in [1.29, 1.82) is 0 Å². The second-order valence-electron chi connectivity index (χ2n) is 4.37. The summed E-state index contributed by atoms with van der Waals surface area (Å²) in [6.07, 6.45) is 2.62. The summed E-state index contributed by atoms with van der Waals surface area (Å²) in [4.78, 5) is 11.4. The maximum absolute atomic E-state index is 11.4. The number of carbonyl (C=O) groups is 1. The molecule has 0 radical (unpaired) electrons. The van der Waals surface area contributed by atoms with Crippen LogP contribution < -0.4 is 11.1 Å². The number of nitrogens with one attached hydrogen (secondary N) is 1. The number of hydrogen-bond acceptors (Lipinski definition) is 4. The minimum absolute atomic E-state index is 0.0619. The minimum atomic E-state index is -0.530. The Morgan fingerprint density at radius 2 is 2.31 bits per heavy atom. The van der Waals surface area contributed by atoms with E-state index in [9.17, 15) is 4.79 Å². The molecule has 0 saturated heterocycles. The fourth-order valence-electron chi connectivity index (χ4n) is 1.14. The molecule has 0 aliphatic rings. The van der Waals surface area contributed by atoms with Crippen molar-refractivity contribution >= 4 is 5.91 Å². The molecule has 0 saturated carbocycles. The van der Waals surface area contributed by atoms with Gasteiger partial charge in [0, 0.05) is 6.54 Å². The smallest absolute Gasteiger partial charge is 0.241 e. The molecule has 3 N–H and O–H groups in total. The molecule has 6 heteroatoms. The maximum atomic E-state index is 11.4. The van der Waals surface area contributed by atoms with Gasteiger partial charge in [0.1, 0.15) is 12.2 Å². The summed E-state index contributed by atoms with van der Waals surface area (Å²) < 4.78 is 1.49. The number of nitrogens with zero attached hydrogens (tertiary/aromatic N) is 3. The molecule has 0 atom stereocenters. The van der Waals surface area contributed by atoms with Crippen LogP contribution in [0, 0.1) is 0 Å². The summed E-state index contributed by atoms with van der Waals surface area (Å²) in [5.74, 6) is -0.0619. The Hall–Kier alpha value is -1.43. The van der Waals surface area contributed by atoms with Gasteiger partial charge in [-0.2, -0.15) is 0 Å². The van der Waals surface area contributed by atoms with Crippen molar-refractivity contribution in [2.24, 2.45) is 5.73 Å². The van der Waals surface area contributed by atoms with Gasteiger partial charge in [0.05, 0.1) is 11.7 Å². The zero-order valence-electron chi connectivity index (χ0n) is 10.0. The zero-order valence-corrected chi connectivity index (χ0v) is 10.0. The number of hydrogen-bond donors (Lipinski definition) is 2.